The van der Waals surface area contributed by atoms with Gasteiger partial charge >= 0.3 is 0 Å². The van der Waals surface area contributed by atoms with Crippen molar-refractivity contribution in [2.75, 3.05) is 46.5 Å². The lowest BCUT2D eigenvalue weighted by Gasteiger charge is -2.29. The van der Waals surface area contributed by atoms with Gasteiger partial charge in [-0.05, 0) is 42.3 Å². The van der Waals surface area contributed by atoms with Gasteiger partial charge in [-0.15, -0.1) is 0 Å². The van der Waals surface area contributed by atoms with Crippen LogP contribution in [-0.4, -0.2) is 73.1 Å². The van der Waals surface area contributed by atoms with Crippen LogP contribution in [-0.2, 0) is 14.3 Å². The van der Waals surface area contributed by atoms with Gasteiger partial charge in [-0.1, -0.05) is 29.8 Å². The number of carbonyl (C=O) groups is 2. The molecule has 2 aliphatic rings. The molecule has 0 bridgehead atoms. The van der Waals surface area contributed by atoms with E-state index in [2.05, 4.69) is 4.90 Å². The Morgan fingerprint density at radius 2 is 1.79 bits per heavy atom. The van der Waals surface area contributed by atoms with E-state index in [1.807, 2.05) is 6.07 Å². The number of ether oxygens (including phenoxy) is 2. The van der Waals surface area contributed by atoms with Gasteiger partial charge in [0.05, 0.1) is 31.9 Å². The van der Waals surface area contributed by atoms with Gasteiger partial charge in [0, 0.05) is 36.8 Å². The Morgan fingerprint density at radius 3 is 2.45 bits per heavy atom. The van der Waals surface area contributed by atoms with Crippen LogP contribution in [0.15, 0.2) is 54.1 Å². The maximum absolute atomic E-state index is 13.1. The van der Waals surface area contributed by atoms with Crippen molar-refractivity contribution in [1.82, 2.24) is 9.80 Å². The van der Waals surface area contributed by atoms with E-state index in [-0.39, 0.29) is 11.3 Å². The molecular weight excluding hydrogens is 444 g/mol. The second-order valence-corrected chi connectivity index (χ2v) is 8.46. The number of Topliss-reactive ketones (excluding diaryl/α,β-unsaturated/α-hetero) is 1. The van der Waals surface area contributed by atoms with Crippen molar-refractivity contribution < 1.29 is 24.2 Å². The average Bonchev–Trinajstić information content (AvgIpc) is 3.09. The zero-order chi connectivity index (χ0) is 23.4. The summed E-state index contributed by atoms with van der Waals surface area (Å²) in [5.74, 6) is -0.939. The molecule has 2 aliphatic heterocycles. The van der Waals surface area contributed by atoms with E-state index in [9.17, 15) is 14.7 Å². The zero-order valence-corrected chi connectivity index (χ0v) is 19.3. The molecule has 0 spiro atoms. The summed E-state index contributed by atoms with van der Waals surface area (Å²) < 4.78 is 10.6. The molecule has 1 N–H and O–H groups in total. The van der Waals surface area contributed by atoms with E-state index in [1.54, 1.807) is 49.6 Å². The normalized spacial score (nSPS) is 20.9. The quantitative estimate of drug-likeness (QED) is 0.379. The van der Waals surface area contributed by atoms with E-state index in [4.69, 9.17) is 21.1 Å². The van der Waals surface area contributed by atoms with Crippen LogP contribution in [0, 0.1) is 0 Å². The fraction of sp³-hybridized carbons (Fsp3) is 0.360. The molecule has 174 valence electrons. The van der Waals surface area contributed by atoms with Crippen LogP contribution in [0.25, 0.3) is 5.76 Å². The average molecular weight is 471 g/mol. The predicted molar refractivity (Wildman–Crippen MR) is 125 cm³/mol. The van der Waals surface area contributed by atoms with Gasteiger partial charge in [0.2, 0.25) is 0 Å². The van der Waals surface area contributed by atoms with Crippen LogP contribution < -0.4 is 4.74 Å². The summed E-state index contributed by atoms with van der Waals surface area (Å²) in [5, 5.41) is 11.5. The van der Waals surface area contributed by atoms with E-state index in [1.165, 1.54) is 4.90 Å². The Morgan fingerprint density at radius 1 is 1.09 bits per heavy atom. The standard InChI is InChI=1S/C25H27ClN2O5/c1-32-18-9-7-17(8-10-18)23(29)21-22(19-5-2-3-6-20(19)26)28(25(31)24(21)30)12-4-11-27-13-15-33-16-14-27/h2-3,5-10,22,29H,4,11-16H2,1H3/b23-21-. The Kier molecular flexibility index (Phi) is 7.33. The van der Waals surface area contributed by atoms with Crippen LogP contribution in [0.3, 0.4) is 0 Å². The molecule has 0 saturated carbocycles. The van der Waals surface area contributed by atoms with Crippen molar-refractivity contribution >= 4 is 29.1 Å². The van der Waals surface area contributed by atoms with Gasteiger partial charge in [0.1, 0.15) is 11.5 Å². The highest BCUT2D eigenvalue weighted by Crippen LogP contribution is 2.41. The third-order valence-electron chi connectivity index (χ3n) is 6.08. The molecule has 2 fully saturated rings. The Balaban J connectivity index is 1.67. The lowest BCUT2D eigenvalue weighted by molar-refractivity contribution is -0.140. The molecule has 2 aromatic carbocycles. The summed E-state index contributed by atoms with van der Waals surface area (Å²) in [6.45, 7) is 4.27. The largest absolute Gasteiger partial charge is 0.507 e. The Labute approximate surface area is 198 Å². The molecule has 0 aliphatic carbocycles. The van der Waals surface area contributed by atoms with Gasteiger partial charge in [-0.25, -0.2) is 0 Å². The first-order chi connectivity index (χ1) is 16.0. The van der Waals surface area contributed by atoms with Gasteiger partial charge in [-0.2, -0.15) is 0 Å². The second kappa shape index (κ2) is 10.4. The number of hydrogen-bond acceptors (Lipinski definition) is 6. The summed E-state index contributed by atoms with van der Waals surface area (Å²) in [6.07, 6.45) is 0.691. The van der Waals surface area contributed by atoms with E-state index >= 15 is 0 Å². The number of rotatable bonds is 7. The van der Waals surface area contributed by atoms with E-state index in [0.29, 0.717) is 48.1 Å². The Bertz CT molecular complexity index is 1050. The number of aliphatic hydroxyl groups is 1. The van der Waals surface area contributed by atoms with Crippen molar-refractivity contribution in [3.05, 3.63) is 70.3 Å². The monoisotopic (exact) mass is 470 g/mol. The maximum Gasteiger partial charge on any atom is 0.295 e. The molecule has 8 heteroatoms. The van der Waals surface area contributed by atoms with Crippen molar-refractivity contribution in [2.24, 2.45) is 0 Å². The molecule has 7 nitrogen and oxygen atoms in total. The number of hydrogen-bond donors (Lipinski definition) is 1. The fourth-order valence-electron chi connectivity index (χ4n) is 4.32. The molecule has 0 radical (unpaired) electrons. The lowest BCUT2D eigenvalue weighted by Crippen LogP contribution is -2.39. The molecule has 1 atom stereocenters. The summed E-state index contributed by atoms with van der Waals surface area (Å²) in [5.41, 5.74) is 1.09. The summed E-state index contributed by atoms with van der Waals surface area (Å²) >= 11 is 6.48. The topological polar surface area (TPSA) is 79.3 Å². The molecular formula is C25H27ClN2O5. The van der Waals surface area contributed by atoms with Gasteiger partial charge in [0.15, 0.2) is 0 Å². The van der Waals surface area contributed by atoms with Gasteiger partial charge < -0.3 is 19.5 Å². The lowest BCUT2D eigenvalue weighted by atomic mass is 9.95. The highest BCUT2D eigenvalue weighted by Gasteiger charge is 2.46. The predicted octanol–water partition coefficient (Wildman–Crippen LogP) is 3.49. The first kappa shape index (κ1) is 23.3. The molecule has 4 rings (SSSR count). The number of ketones is 1. The van der Waals surface area contributed by atoms with Crippen molar-refractivity contribution in [1.29, 1.82) is 0 Å². The third-order valence-corrected chi connectivity index (χ3v) is 6.42. The van der Waals surface area contributed by atoms with Crippen molar-refractivity contribution in [3.8, 4) is 5.75 Å². The molecule has 1 unspecified atom stereocenters. The van der Waals surface area contributed by atoms with Crippen LogP contribution in [0.4, 0.5) is 0 Å². The number of benzene rings is 2. The van der Waals surface area contributed by atoms with Gasteiger partial charge in [-0.3, -0.25) is 14.5 Å². The highest BCUT2D eigenvalue weighted by molar-refractivity contribution is 6.47. The van der Waals surface area contributed by atoms with Crippen molar-refractivity contribution in [2.45, 2.75) is 12.5 Å². The Hall–Kier alpha value is -2.87. The van der Waals surface area contributed by atoms with Crippen LogP contribution in [0.2, 0.25) is 5.02 Å². The highest BCUT2D eigenvalue weighted by atomic mass is 35.5. The van der Waals surface area contributed by atoms with E-state index in [0.717, 1.165) is 19.6 Å². The smallest absolute Gasteiger partial charge is 0.295 e. The number of morpholine rings is 1. The number of amides is 1. The maximum atomic E-state index is 13.1. The SMILES string of the molecule is COc1ccc(/C(O)=C2/C(=O)C(=O)N(CCCN3CCOCC3)C2c2ccccc2Cl)cc1. The number of aliphatic hydroxyl groups excluding tert-OH is 1. The molecule has 2 saturated heterocycles. The summed E-state index contributed by atoms with van der Waals surface area (Å²) in [4.78, 5) is 30.0. The number of methoxy groups -OCH3 is 1. The molecule has 33 heavy (non-hydrogen) atoms. The van der Waals surface area contributed by atoms with E-state index < -0.39 is 17.7 Å². The summed E-state index contributed by atoms with van der Waals surface area (Å²) in [7, 11) is 1.55. The number of likely N-dealkylation sites (tertiary alicyclic amines) is 1. The molecule has 2 aromatic rings. The van der Waals surface area contributed by atoms with Crippen LogP contribution >= 0.6 is 11.6 Å². The minimum absolute atomic E-state index is 0.0460. The van der Waals surface area contributed by atoms with Crippen LogP contribution in [0.1, 0.15) is 23.6 Å². The third kappa shape index (κ3) is 4.90. The van der Waals surface area contributed by atoms with Crippen molar-refractivity contribution in [3.63, 3.8) is 0 Å². The molecule has 1 amide bonds. The number of carbonyl (C=O) groups excluding carboxylic acids is 2. The number of halogens is 1. The fourth-order valence-corrected chi connectivity index (χ4v) is 4.56. The van der Waals surface area contributed by atoms with Crippen LogP contribution in [0.5, 0.6) is 5.75 Å². The molecule has 2 heterocycles. The first-order valence-electron chi connectivity index (χ1n) is 11.0. The molecule has 0 aromatic heterocycles. The minimum Gasteiger partial charge on any atom is -0.507 e. The first-order valence-corrected chi connectivity index (χ1v) is 11.4. The summed E-state index contributed by atoms with van der Waals surface area (Å²) in [6, 6.07) is 13.0. The number of nitrogens with zero attached hydrogens (tertiary/aromatic N) is 2. The zero-order valence-electron chi connectivity index (χ0n) is 18.5. The minimum atomic E-state index is -0.759. The van der Waals surface area contributed by atoms with Gasteiger partial charge in [0.25, 0.3) is 11.7 Å². The second-order valence-electron chi connectivity index (χ2n) is 8.05.